The average Bonchev–Trinajstić information content (AvgIpc) is 3.66. The second-order valence-electron chi connectivity index (χ2n) is 9.18. The van der Waals surface area contributed by atoms with Crippen LogP contribution >= 0.6 is 23.1 Å². The molecule has 1 unspecified atom stereocenters. The van der Waals surface area contributed by atoms with E-state index in [9.17, 15) is 14.4 Å². The van der Waals surface area contributed by atoms with E-state index in [-0.39, 0.29) is 35.4 Å². The molecule has 0 radical (unpaired) electrons. The largest absolute Gasteiger partial charge is 0.310 e. The van der Waals surface area contributed by atoms with Gasteiger partial charge < -0.3 is 5.32 Å². The number of aryl methyl sites for hydroxylation is 2. The molecule has 0 saturated heterocycles. The summed E-state index contributed by atoms with van der Waals surface area (Å²) >= 11 is 3.04. The van der Waals surface area contributed by atoms with E-state index in [0.29, 0.717) is 40.1 Å². The minimum atomic E-state index is -0.275. The van der Waals surface area contributed by atoms with Crippen molar-refractivity contribution in [3.8, 4) is 16.5 Å². The monoisotopic (exact) mass is 535 g/mol. The van der Waals surface area contributed by atoms with Gasteiger partial charge in [-0.05, 0) is 44.1 Å². The molecule has 4 aromatic heterocycles. The summed E-state index contributed by atoms with van der Waals surface area (Å²) in [4.78, 5) is 52.0. The van der Waals surface area contributed by atoms with Crippen LogP contribution in [0, 0.1) is 6.92 Å². The molecule has 190 valence electrons. The number of thioether (sulfide) groups is 1. The lowest BCUT2D eigenvalue weighted by atomic mass is 10.2. The van der Waals surface area contributed by atoms with Crippen LogP contribution in [-0.4, -0.2) is 41.0 Å². The number of amides is 1. The van der Waals surface area contributed by atoms with E-state index >= 15 is 0 Å². The third-order valence-electron chi connectivity index (χ3n) is 6.81. The zero-order chi connectivity index (χ0) is 25.7. The fourth-order valence-electron chi connectivity index (χ4n) is 5.00. The van der Waals surface area contributed by atoms with Crippen molar-refractivity contribution < 1.29 is 4.79 Å². The molecular formula is C25H25N7O3S2. The van der Waals surface area contributed by atoms with Gasteiger partial charge in [-0.3, -0.25) is 23.9 Å². The zero-order valence-corrected chi connectivity index (χ0v) is 22.0. The number of carbonyl (C=O) groups excluding carboxylic acids is 1. The lowest BCUT2D eigenvalue weighted by Gasteiger charge is -2.15. The fourth-order valence-corrected chi connectivity index (χ4v) is 6.83. The molecule has 1 aliphatic carbocycles. The number of hydrogen-bond donors (Lipinski definition) is 2. The molecule has 0 aromatic carbocycles. The molecule has 5 heterocycles. The van der Waals surface area contributed by atoms with Crippen molar-refractivity contribution in [1.82, 2.24) is 29.3 Å². The van der Waals surface area contributed by atoms with Crippen molar-refractivity contribution in [2.45, 2.75) is 57.1 Å². The van der Waals surface area contributed by atoms with Gasteiger partial charge in [-0.1, -0.05) is 24.8 Å². The predicted octanol–water partition coefficient (Wildman–Crippen LogP) is 3.28. The van der Waals surface area contributed by atoms with Crippen molar-refractivity contribution in [1.29, 1.82) is 0 Å². The van der Waals surface area contributed by atoms with Crippen LogP contribution < -0.4 is 16.4 Å². The summed E-state index contributed by atoms with van der Waals surface area (Å²) < 4.78 is 3.15. The van der Waals surface area contributed by atoms with E-state index in [1.54, 1.807) is 17.6 Å². The van der Waals surface area contributed by atoms with Crippen LogP contribution in [-0.2, 0) is 24.1 Å². The van der Waals surface area contributed by atoms with Gasteiger partial charge in [0, 0.05) is 35.1 Å². The number of hydrogen-bond acceptors (Lipinski definition) is 8. The minimum Gasteiger partial charge on any atom is -0.310 e. The summed E-state index contributed by atoms with van der Waals surface area (Å²) in [6.07, 6.45) is 3.22. The van der Waals surface area contributed by atoms with E-state index in [1.807, 2.05) is 24.4 Å². The Kier molecular flexibility index (Phi) is 6.07. The highest BCUT2D eigenvalue weighted by molar-refractivity contribution is 7.99. The van der Waals surface area contributed by atoms with Crippen molar-refractivity contribution in [3.63, 3.8) is 0 Å². The maximum Gasteiger partial charge on any atom is 0.257 e. The SMILES string of the molecule is CCc1c(C)nc(-n2nc(-c3cccs3)cc2NC(=O)CC2CSc3nc4c(c(=O)n32)CCC4)[nH]c1=O. The first kappa shape index (κ1) is 23.9. The molecule has 1 aliphatic heterocycles. The predicted molar refractivity (Wildman–Crippen MR) is 143 cm³/mol. The van der Waals surface area contributed by atoms with Gasteiger partial charge in [0.2, 0.25) is 11.9 Å². The Morgan fingerprint density at radius 3 is 2.89 bits per heavy atom. The van der Waals surface area contributed by atoms with Gasteiger partial charge >= 0.3 is 0 Å². The first-order chi connectivity index (χ1) is 17.9. The number of carbonyl (C=O) groups is 1. The van der Waals surface area contributed by atoms with Gasteiger partial charge in [-0.25, -0.2) is 9.97 Å². The number of nitrogens with zero attached hydrogens (tertiary/aromatic N) is 5. The third kappa shape index (κ3) is 4.23. The smallest absolute Gasteiger partial charge is 0.257 e. The van der Waals surface area contributed by atoms with E-state index in [1.165, 1.54) is 27.8 Å². The second-order valence-corrected chi connectivity index (χ2v) is 11.1. The van der Waals surface area contributed by atoms with Gasteiger partial charge in [0.25, 0.3) is 11.1 Å². The van der Waals surface area contributed by atoms with Gasteiger partial charge in [0.05, 0.1) is 16.6 Å². The van der Waals surface area contributed by atoms with E-state index < -0.39 is 0 Å². The Hall–Kier alpha value is -3.51. The van der Waals surface area contributed by atoms with Gasteiger partial charge in [0.15, 0.2) is 5.16 Å². The molecular weight excluding hydrogens is 510 g/mol. The van der Waals surface area contributed by atoms with E-state index in [4.69, 9.17) is 4.98 Å². The van der Waals surface area contributed by atoms with Crippen LogP contribution in [0.3, 0.4) is 0 Å². The first-order valence-electron chi connectivity index (χ1n) is 12.2. The molecule has 6 rings (SSSR count). The molecule has 1 amide bonds. The van der Waals surface area contributed by atoms with Crippen LogP contribution in [0.5, 0.6) is 0 Å². The van der Waals surface area contributed by atoms with Gasteiger partial charge in [-0.15, -0.1) is 11.3 Å². The van der Waals surface area contributed by atoms with Crippen LogP contribution in [0.15, 0.2) is 38.3 Å². The lowest BCUT2D eigenvalue weighted by molar-refractivity contribution is -0.116. The topological polar surface area (TPSA) is 128 Å². The maximum absolute atomic E-state index is 13.2. The van der Waals surface area contributed by atoms with Crippen molar-refractivity contribution in [2.75, 3.05) is 11.1 Å². The van der Waals surface area contributed by atoms with Crippen LogP contribution in [0.4, 0.5) is 5.82 Å². The molecule has 10 nitrogen and oxygen atoms in total. The van der Waals surface area contributed by atoms with Crippen molar-refractivity contribution in [2.24, 2.45) is 0 Å². The quantitative estimate of drug-likeness (QED) is 0.363. The number of fused-ring (bicyclic) bond motifs is 2. The zero-order valence-electron chi connectivity index (χ0n) is 20.4. The number of thiophene rings is 1. The highest BCUT2D eigenvalue weighted by Gasteiger charge is 2.31. The Labute approximate surface area is 220 Å². The molecule has 2 aliphatic rings. The molecule has 37 heavy (non-hydrogen) atoms. The number of H-pyrrole nitrogens is 1. The molecule has 2 N–H and O–H groups in total. The molecule has 1 atom stereocenters. The minimum absolute atomic E-state index is 0.0152. The standard InChI is InChI=1S/C25H25N7O3S2/c1-3-15-13(2)26-24(29-22(15)34)32-20(11-18(30-32)19-8-5-9-36-19)28-21(33)10-14-12-37-25-27-17-7-4-6-16(17)23(35)31(14)25/h5,8-9,11,14H,3-4,6-7,10,12H2,1-2H3,(H,28,33)(H,26,29,34). The number of rotatable bonds is 6. The highest BCUT2D eigenvalue weighted by atomic mass is 32.2. The summed E-state index contributed by atoms with van der Waals surface area (Å²) in [5, 5.41) is 10.2. The fraction of sp³-hybridized carbons (Fsp3) is 0.360. The van der Waals surface area contributed by atoms with E-state index in [0.717, 1.165) is 35.4 Å². The second kappa shape index (κ2) is 9.42. The summed E-state index contributed by atoms with van der Waals surface area (Å²) in [6, 6.07) is 5.36. The summed E-state index contributed by atoms with van der Waals surface area (Å²) in [6.45, 7) is 3.69. The Balaban J connectivity index is 1.31. The third-order valence-corrected chi connectivity index (χ3v) is 8.80. The highest BCUT2D eigenvalue weighted by Crippen LogP contribution is 2.34. The molecule has 0 bridgehead atoms. The summed E-state index contributed by atoms with van der Waals surface area (Å²) in [5.74, 6) is 0.986. The van der Waals surface area contributed by atoms with Crippen LogP contribution in [0.1, 0.15) is 48.3 Å². The average molecular weight is 536 g/mol. The molecule has 4 aromatic rings. The van der Waals surface area contributed by atoms with Gasteiger partial charge in [0.1, 0.15) is 11.5 Å². The Morgan fingerprint density at radius 2 is 2.14 bits per heavy atom. The Bertz CT molecular complexity index is 1640. The summed E-state index contributed by atoms with van der Waals surface area (Å²) in [5.41, 5.74) is 3.34. The lowest BCUT2D eigenvalue weighted by Crippen LogP contribution is -2.30. The molecule has 12 heteroatoms. The van der Waals surface area contributed by atoms with Crippen molar-refractivity contribution in [3.05, 3.63) is 66.8 Å². The number of nitrogens with one attached hydrogen (secondary N) is 2. The maximum atomic E-state index is 13.2. The summed E-state index contributed by atoms with van der Waals surface area (Å²) in [7, 11) is 0. The Morgan fingerprint density at radius 1 is 1.27 bits per heavy atom. The first-order valence-corrected chi connectivity index (χ1v) is 14.1. The molecule has 0 fully saturated rings. The van der Waals surface area contributed by atoms with E-state index in [2.05, 4.69) is 20.4 Å². The number of aromatic amines is 1. The van der Waals surface area contributed by atoms with Crippen LogP contribution in [0.2, 0.25) is 0 Å². The normalized spacial score (nSPS) is 16.1. The number of aromatic nitrogens is 6. The van der Waals surface area contributed by atoms with Crippen LogP contribution in [0.25, 0.3) is 16.5 Å². The van der Waals surface area contributed by atoms with Gasteiger partial charge in [-0.2, -0.15) is 9.78 Å². The molecule has 0 saturated carbocycles. The molecule has 0 spiro atoms. The van der Waals surface area contributed by atoms with Crippen molar-refractivity contribution >= 4 is 34.8 Å². The number of anilines is 1.